The zero-order valence-electron chi connectivity index (χ0n) is 8.21. The Balaban J connectivity index is 2.32. The van der Waals surface area contributed by atoms with Gasteiger partial charge in [0.25, 0.3) is 6.43 Å². The number of hydrogen-bond donors (Lipinski definition) is 3. The summed E-state index contributed by atoms with van der Waals surface area (Å²) in [4.78, 5) is 0. The van der Waals surface area contributed by atoms with Gasteiger partial charge in [0, 0.05) is 12.6 Å². The zero-order valence-corrected chi connectivity index (χ0v) is 8.21. The van der Waals surface area contributed by atoms with Crippen LogP contribution in [0.5, 0.6) is 0 Å². The van der Waals surface area contributed by atoms with E-state index in [1.807, 2.05) is 0 Å². The number of rotatable bonds is 4. The monoisotopic (exact) mass is 209 g/mol. The van der Waals surface area contributed by atoms with Gasteiger partial charge in [-0.1, -0.05) is 0 Å². The molecule has 3 atom stereocenters. The van der Waals surface area contributed by atoms with Crippen LogP contribution in [0.2, 0.25) is 0 Å². The van der Waals surface area contributed by atoms with Crippen LogP contribution in [0.25, 0.3) is 0 Å². The molecule has 0 amide bonds. The Morgan fingerprint density at radius 3 is 2.57 bits per heavy atom. The maximum atomic E-state index is 12.2. The van der Waals surface area contributed by atoms with Gasteiger partial charge < -0.3 is 15.5 Å². The molecule has 0 spiro atoms. The Kier molecular flexibility index (Phi) is 3.80. The quantitative estimate of drug-likeness (QED) is 0.632. The first kappa shape index (κ1) is 11.8. The Labute approximate surface area is 82.1 Å². The van der Waals surface area contributed by atoms with E-state index >= 15 is 0 Å². The number of hydrogen-bond acceptors (Lipinski definition) is 3. The molecule has 1 rings (SSSR count). The van der Waals surface area contributed by atoms with Crippen molar-refractivity contribution in [3.8, 4) is 0 Å². The Morgan fingerprint density at radius 2 is 2.14 bits per heavy atom. The first-order valence-electron chi connectivity index (χ1n) is 4.85. The van der Waals surface area contributed by atoms with Gasteiger partial charge in [0.15, 0.2) is 0 Å². The predicted molar refractivity (Wildman–Crippen MR) is 48.3 cm³/mol. The van der Waals surface area contributed by atoms with Gasteiger partial charge >= 0.3 is 0 Å². The molecule has 5 heteroatoms. The Hall–Kier alpha value is -0.260. The van der Waals surface area contributed by atoms with Crippen LogP contribution in [0.3, 0.4) is 0 Å². The molecule has 84 valence electrons. The number of halogens is 2. The van der Waals surface area contributed by atoms with Crippen molar-refractivity contribution in [1.82, 2.24) is 5.32 Å². The molecule has 0 aromatic heterocycles. The second kappa shape index (κ2) is 4.51. The fraction of sp³-hybridized carbons (Fsp3) is 1.00. The summed E-state index contributed by atoms with van der Waals surface area (Å²) >= 11 is 0. The lowest BCUT2D eigenvalue weighted by molar-refractivity contribution is -0.0831. The summed E-state index contributed by atoms with van der Waals surface area (Å²) in [5.74, 6) is 0. The molecule has 1 unspecified atom stereocenters. The lowest BCUT2D eigenvalue weighted by Crippen LogP contribution is -2.48. The summed E-state index contributed by atoms with van der Waals surface area (Å²) in [6, 6.07) is -0.153. The van der Waals surface area contributed by atoms with Crippen molar-refractivity contribution in [2.45, 2.75) is 50.4 Å². The third-order valence-electron chi connectivity index (χ3n) is 2.67. The van der Waals surface area contributed by atoms with Crippen LogP contribution in [0.4, 0.5) is 8.78 Å². The molecule has 0 saturated heterocycles. The Bertz CT molecular complexity index is 188. The normalized spacial score (nSPS) is 32.1. The molecule has 0 heterocycles. The van der Waals surface area contributed by atoms with Crippen molar-refractivity contribution in [2.75, 3.05) is 6.54 Å². The van der Waals surface area contributed by atoms with Gasteiger partial charge in [-0.15, -0.1) is 0 Å². The fourth-order valence-corrected chi connectivity index (χ4v) is 1.59. The van der Waals surface area contributed by atoms with E-state index in [0.29, 0.717) is 6.42 Å². The lowest BCUT2D eigenvalue weighted by Gasteiger charge is -2.26. The highest BCUT2D eigenvalue weighted by Gasteiger charge is 2.34. The van der Waals surface area contributed by atoms with E-state index in [1.165, 1.54) is 0 Å². The number of aliphatic hydroxyl groups is 2. The van der Waals surface area contributed by atoms with Crippen LogP contribution < -0.4 is 5.32 Å². The molecule has 0 radical (unpaired) electrons. The maximum absolute atomic E-state index is 12.2. The summed E-state index contributed by atoms with van der Waals surface area (Å²) in [5, 5.41) is 21.4. The molecule has 0 bridgehead atoms. The van der Waals surface area contributed by atoms with Gasteiger partial charge in [-0.05, 0) is 26.2 Å². The minimum Gasteiger partial charge on any atom is -0.392 e. The molecule has 1 fully saturated rings. The van der Waals surface area contributed by atoms with Crippen LogP contribution >= 0.6 is 0 Å². The number of nitrogens with one attached hydrogen (secondary N) is 1. The molecule has 1 saturated carbocycles. The predicted octanol–water partition coefficient (Wildman–Crippen LogP) is 0.505. The third kappa shape index (κ3) is 2.87. The topological polar surface area (TPSA) is 52.5 Å². The van der Waals surface area contributed by atoms with Crippen LogP contribution in [0, 0.1) is 0 Å². The van der Waals surface area contributed by atoms with Crippen molar-refractivity contribution < 1.29 is 19.0 Å². The molecule has 3 N–H and O–H groups in total. The SMILES string of the molecule is CC(O)(CN[C@H]1CCC[C@@H]1O)C(F)F. The van der Waals surface area contributed by atoms with Crippen LogP contribution in [-0.4, -0.2) is 40.9 Å². The van der Waals surface area contributed by atoms with Crippen LogP contribution in [0.1, 0.15) is 26.2 Å². The average Bonchev–Trinajstić information content (AvgIpc) is 2.47. The third-order valence-corrected chi connectivity index (χ3v) is 2.67. The van der Waals surface area contributed by atoms with Gasteiger partial charge in [-0.3, -0.25) is 0 Å². The summed E-state index contributed by atoms with van der Waals surface area (Å²) in [6.07, 6.45) is -0.859. The van der Waals surface area contributed by atoms with Crippen molar-refractivity contribution >= 4 is 0 Å². The first-order valence-corrected chi connectivity index (χ1v) is 4.85. The maximum Gasteiger partial charge on any atom is 0.267 e. The lowest BCUT2D eigenvalue weighted by atomic mass is 10.1. The molecule has 0 aromatic carbocycles. The highest BCUT2D eigenvalue weighted by atomic mass is 19.3. The summed E-state index contributed by atoms with van der Waals surface area (Å²) in [6.45, 7) is 0.901. The van der Waals surface area contributed by atoms with Crippen molar-refractivity contribution in [2.24, 2.45) is 0 Å². The van der Waals surface area contributed by atoms with E-state index in [9.17, 15) is 19.0 Å². The number of alkyl halides is 2. The molecule has 1 aliphatic carbocycles. The fourth-order valence-electron chi connectivity index (χ4n) is 1.59. The minimum atomic E-state index is -2.77. The summed E-state index contributed by atoms with van der Waals surface area (Å²) < 4.78 is 24.5. The highest BCUT2D eigenvalue weighted by molar-refractivity contribution is 4.86. The molecule has 14 heavy (non-hydrogen) atoms. The van der Waals surface area contributed by atoms with E-state index < -0.39 is 18.1 Å². The van der Waals surface area contributed by atoms with Gasteiger partial charge in [0.05, 0.1) is 6.10 Å². The number of aliphatic hydroxyl groups excluding tert-OH is 1. The zero-order chi connectivity index (χ0) is 10.8. The average molecular weight is 209 g/mol. The second-order valence-corrected chi connectivity index (χ2v) is 4.14. The van der Waals surface area contributed by atoms with E-state index in [2.05, 4.69) is 5.32 Å². The van der Waals surface area contributed by atoms with E-state index in [-0.39, 0.29) is 12.6 Å². The first-order chi connectivity index (χ1) is 6.43. The Morgan fingerprint density at radius 1 is 1.50 bits per heavy atom. The van der Waals surface area contributed by atoms with E-state index in [4.69, 9.17) is 0 Å². The van der Waals surface area contributed by atoms with Crippen LogP contribution in [0.15, 0.2) is 0 Å². The van der Waals surface area contributed by atoms with Gasteiger partial charge in [0.1, 0.15) is 5.60 Å². The van der Waals surface area contributed by atoms with Gasteiger partial charge in [-0.2, -0.15) is 0 Å². The molecule has 3 nitrogen and oxygen atoms in total. The molecule has 0 aromatic rings. The molecule has 0 aliphatic heterocycles. The second-order valence-electron chi connectivity index (χ2n) is 4.14. The molecular weight excluding hydrogens is 192 g/mol. The van der Waals surface area contributed by atoms with Crippen molar-refractivity contribution in [1.29, 1.82) is 0 Å². The standard InChI is InChI=1S/C9H17F2NO2/c1-9(14,8(10)11)5-12-6-3-2-4-7(6)13/h6-8,12-14H,2-5H2,1H3/t6-,7-,9?/m0/s1. The van der Waals surface area contributed by atoms with Crippen molar-refractivity contribution in [3.05, 3.63) is 0 Å². The van der Waals surface area contributed by atoms with Gasteiger partial charge in [0.2, 0.25) is 0 Å². The van der Waals surface area contributed by atoms with Crippen LogP contribution in [-0.2, 0) is 0 Å². The largest absolute Gasteiger partial charge is 0.392 e. The smallest absolute Gasteiger partial charge is 0.267 e. The van der Waals surface area contributed by atoms with E-state index in [1.54, 1.807) is 0 Å². The molecular formula is C9H17F2NO2. The molecule has 1 aliphatic rings. The summed E-state index contributed by atoms with van der Waals surface area (Å²) in [7, 11) is 0. The minimum absolute atomic E-state index is 0.153. The summed E-state index contributed by atoms with van der Waals surface area (Å²) in [5.41, 5.74) is -2.01. The van der Waals surface area contributed by atoms with Gasteiger partial charge in [-0.25, -0.2) is 8.78 Å². The van der Waals surface area contributed by atoms with E-state index in [0.717, 1.165) is 19.8 Å². The highest BCUT2D eigenvalue weighted by Crippen LogP contribution is 2.20. The van der Waals surface area contributed by atoms with Crippen molar-refractivity contribution in [3.63, 3.8) is 0 Å².